The molecule has 1 heterocycles. The zero-order chi connectivity index (χ0) is 22.6. The molecule has 0 radical (unpaired) electrons. The second-order valence-electron chi connectivity index (χ2n) is 9.67. The lowest BCUT2D eigenvalue weighted by molar-refractivity contribution is -0.169. The van der Waals surface area contributed by atoms with Gasteiger partial charge in [0.2, 0.25) is 0 Å². The number of anilines is 2. The van der Waals surface area contributed by atoms with Crippen LogP contribution in [0, 0.1) is 0 Å². The molecule has 1 aliphatic rings. The van der Waals surface area contributed by atoms with Gasteiger partial charge in [0.05, 0.1) is 13.1 Å². The number of hydrogen-bond acceptors (Lipinski definition) is 5. The number of likely N-dealkylation sites (N-methyl/N-ethyl adjacent to an activating group) is 1. The highest BCUT2D eigenvalue weighted by Crippen LogP contribution is 2.25. The van der Waals surface area contributed by atoms with Gasteiger partial charge in [-0.1, -0.05) is 45.0 Å². The molecule has 1 unspecified atom stereocenters. The second-order valence-corrected chi connectivity index (χ2v) is 9.67. The van der Waals surface area contributed by atoms with Gasteiger partial charge >= 0.3 is 0 Å². The summed E-state index contributed by atoms with van der Waals surface area (Å²) in [4.78, 5) is 16.8. The first-order valence-electron chi connectivity index (χ1n) is 11.0. The third-order valence-electron chi connectivity index (χ3n) is 6.02. The Hall–Kier alpha value is -2.41. The van der Waals surface area contributed by atoms with Crippen LogP contribution in [0.1, 0.15) is 38.8 Å². The van der Waals surface area contributed by atoms with E-state index in [1.807, 2.05) is 24.3 Å². The Labute approximate surface area is 186 Å². The van der Waals surface area contributed by atoms with E-state index in [2.05, 4.69) is 74.1 Å². The van der Waals surface area contributed by atoms with E-state index in [0.717, 1.165) is 41.6 Å². The molecule has 1 amide bonds. The van der Waals surface area contributed by atoms with Crippen LogP contribution in [0.5, 0.6) is 0 Å². The van der Waals surface area contributed by atoms with Gasteiger partial charge in [-0.3, -0.25) is 14.9 Å². The second kappa shape index (κ2) is 9.81. The van der Waals surface area contributed by atoms with Gasteiger partial charge < -0.3 is 10.2 Å². The number of piperazine rings is 1. The molecule has 2 aromatic rings. The Balaban J connectivity index is 1.51. The van der Waals surface area contributed by atoms with E-state index < -0.39 is 0 Å². The van der Waals surface area contributed by atoms with Crippen LogP contribution >= 0.6 is 0 Å². The quantitative estimate of drug-likeness (QED) is 0.541. The Morgan fingerprint density at radius 1 is 1.06 bits per heavy atom. The highest BCUT2D eigenvalue weighted by molar-refractivity contribution is 5.77. The van der Waals surface area contributed by atoms with Gasteiger partial charge in [-0.05, 0) is 54.8 Å². The third kappa shape index (κ3) is 6.53. The molecule has 0 bridgehead atoms. The molecule has 6 heteroatoms. The van der Waals surface area contributed by atoms with Crippen molar-refractivity contribution in [2.45, 2.75) is 45.7 Å². The zero-order valence-electron chi connectivity index (χ0n) is 19.4. The number of hydroxylamine groups is 2. The van der Waals surface area contributed by atoms with Gasteiger partial charge in [-0.25, -0.2) is 5.06 Å². The van der Waals surface area contributed by atoms with Gasteiger partial charge in [0.1, 0.15) is 0 Å². The number of amides is 1. The largest absolute Gasteiger partial charge is 0.356 e. The van der Waals surface area contributed by atoms with Crippen LogP contribution in [-0.4, -0.2) is 65.2 Å². The summed E-state index contributed by atoms with van der Waals surface area (Å²) in [5.74, 6) is -0.266. The fourth-order valence-electron chi connectivity index (χ4n) is 3.72. The Kier molecular flexibility index (Phi) is 7.36. The standard InChI is InChI=1S/C25H36N4O2/c1-19-16-28(15-14-27(19)5)18-24(30)29(31)17-20-6-10-22(11-7-20)26-23-12-8-21(9-13-23)25(2,3)4/h6-13,19,26,31H,14-18H2,1-5H3. The fraction of sp³-hybridized carbons (Fsp3) is 0.480. The van der Waals surface area contributed by atoms with Crippen LogP contribution in [0.15, 0.2) is 48.5 Å². The molecule has 1 saturated heterocycles. The van der Waals surface area contributed by atoms with E-state index in [4.69, 9.17) is 0 Å². The van der Waals surface area contributed by atoms with Crippen molar-refractivity contribution in [3.05, 3.63) is 59.7 Å². The maximum absolute atomic E-state index is 12.4. The van der Waals surface area contributed by atoms with E-state index in [1.54, 1.807) is 0 Å². The predicted octanol–water partition coefficient (Wildman–Crippen LogP) is 4.08. The van der Waals surface area contributed by atoms with Crippen molar-refractivity contribution in [3.8, 4) is 0 Å². The van der Waals surface area contributed by atoms with Crippen LogP contribution in [0.3, 0.4) is 0 Å². The molecule has 0 saturated carbocycles. The maximum atomic E-state index is 12.4. The molecule has 168 valence electrons. The summed E-state index contributed by atoms with van der Waals surface area (Å²) in [6.07, 6.45) is 0. The SMILES string of the molecule is CC1CN(CC(=O)N(O)Cc2ccc(Nc3ccc(C(C)(C)C)cc3)cc2)CCN1C. The van der Waals surface area contributed by atoms with Gasteiger partial charge in [0.25, 0.3) is 5.91 Å². The van der Waals surface area contributed by atoms with Crippen LogP contribution < -0.4 is 5.32 Å². The van der Waals surface area contributed by atoms with Crippen LogP contribution in [0.25, 0.3) is 0 Å². The third-order valence-corrected chi connectivity index (χ3v) is 6.02. The molecular weight excluding hydrogens is 388 g/mol. The minimum Gasteiger partial charge on any atom is -0.356 e. The summed E-state index contributed by atoms with van der Waals surface area (Å²) < 4.78 is 0. The van der Waals surface area contributed by atoms with Gasteiger partial charge in [0, 0.05) is 37.1 Å². The maximum Gasteiger partial charge on any atom is 0.260 e. The summed E-state index contributed by atoms with van der Waals surface area (Å²) in [5, 5.41) is 14.5. The van der Waals surface area contributed by atoms with E-state index in [9.17, 15) is 10.0 Å². The van der Waals surface area contributed by atoms with Crippen molar-refractivity contribution in [1.29, 1.82) is 0 Å². The van der Waals surface area contributed by atoms with E-state index in [1.165, 1.54) is 5.56 Å². The minimum atomic E-state index is -0.266. The summed E-state index contributed by atoms with van der Waals surface area (Å²) in [5.41, 5.74) is 4.31. The number of nitrogens with zero attached hydrogens (tertiary/aromatic N) is 3. The first-order chi connectivity index (χ1) is 14.6. The van der Waals surface area contributed by atoms with Crippen LogP contribution in [0.4, 0.5) is 11.4 Å². The van der Waals surface area contributed by atoms with Crippen molar-refractivity contribution < 1.29 is 10.0 Å². The highest BCUT2D eigenvalue weighted by Gasteiger charge is 2.24. The monoisotopic (exact) mass is 424 g/mol. The molecule has 1 aliphatic heterocycles. The summed E-state index contributed by atoms with van der Waals surface area (Å²) >= 11 is 0. The number of carbonyl (C=O) groups is 1. The summed E-state index contributed by atoms with van der Waals surface area (Å²) in [7, 11) is 2.10. The first-order valence-corrected chi connectivity index (χ1v) is 11.0. The van der Waals surface area contributed by atoms with Crippen molar-refractivity contribution in [1.82, 2.24) is 14.9 Å². The van der Waals surface area contributed by atoms with Crippen molar-refractivity contribution in [2.75, 3.05) is 38.5 Å². The molecule has 2 aromatic carbocycles. The lowest BCUT2D eigenvalue weighted by atomic mass is 9.87. The Bertz CT molecular complexity index is 859. The lowest BCUT2D eigenvalue weighted by Crippen LogP contribution is -2.52. The summed E-state index contributed by atoms with van der Waals surface area (Å²) in [6, 6.07) is 16.7. The van der Waals surface area contributed by atoms with Gasteiger partial charge in [-0.2, -0.15) is 0 Å². The predicted molar refractivity (Wildman–Crippen MR) is 126 cm³/mol. The van der Waals surface area contributed by atoms with Crippen molar-refractivity contribution in [3.63, 3.8) is 0 Å². The first kappa shape index (κ1) is 23.3. The average Bonchev–Trinajstić information content (AvgIpc) is 2.72. The van der Waals surface area contributed by atoms with E-state index >= 15 is 0 Å². The zero-order valence-corrected chi connectivity index (χ0v) is 19.4. The van der Waals surface area contributed by atoms with Crippen molar-refractivity contribution in [2.24, 2.45) is 0 Å². The van der Waals surface area contributed by atoms with E-state index in [0.29, 0.717) is 6.04 Å². The normalized spacial score (nSPS) is 18.1. The number of nitrogens with one attached hydrogen (secondary N) is 1. The lowest BCUT2D eigenvalue weighted by Gasteiger charge is -2.37. The van der Waals surface area contributed by atoms with Crippen LogP contribution in [-0.2, 0) is 16.8 Å². The number of rotatable bonds is 6. The molecule has 31 heavy (non-hydrogen) atoms. The molecule has 1 atom stereocenters. The van der Waals surface area contributed by atoms with Gasteiger partial charge in [0.15, 0.2) is 0 Å². The summed E-state index contributed by atoms with van der Waals surface area (Å²) in [6.45, 7) is 11.8. The Morgan fingerprint density at radius 2 is 1.65 bits per heavy atom. The molecule has 6 nitrogen and oxygen atoms in total. The van der Waals surface area contributed by atoms with E-state index in [-0.39, 0.29) is 24.4 Å². The molecule has 1 fully saturated rings. The highest BCUT2D eigenvalue weighted by atomic mass is 16.5. The molecule has 3 rings (SSSR count). The molecule has 0 spiro atoms. The number of benzene rings is 2. The van der Waals surface area contributed by atoms with Gasteiger partial charge in [-0.15, -0.1) is 0 Å². The minimum absolute atomic E-state index is 0.135. The number of hydrogen-bond donors (Lipinski definition) is 2. The van der Waals surface area contributed by atoms with Crippen molar-refractivity contribution >= 4 is 17.3 Å². The molecule has 0 aromatic heterocycles. The van der Waals surface area contributed by atoms with Crippen LogP contribution in [0.2, 0.25) is 0 Å². The average molecular weight is 425 g/mol. The molecule has 2 N–H and O–H groups in total. The topological polar surface area (TPSA) is 59.1 Å². The smallest absolute Gasteiger partial charge is 0.260 e. The Morgan fingerprint density at radius 3 is 2.19 bits per heavy atom. The fourth-order valence-corrected chi connectivity index (χ4v) is 3.72. The molecule has 0 aliphatic carbocycles. The number of carbonyl (C=O) groups excluding carboxylic acids is 1. The molecular formula is C25H36N4O2.